The minimum atomic E-state index is -0.315. The van der Waals surface area contributed by atoms with Gasteiger partial charge in [0.25, 0.3) is 0 Å². The summed E-state index contributed by atoms with van der Waals surface area (Å²) in [7, 11) is 1.98. The van der Waals surface area contributed by atoms with Crippen molar-refractivity contribution in [2.75, 3.05) is 18.6 Å². The van der Waals surface area contributed by atoms with Crippen LogP contribution in [-0.4, -0.2) is 29.3 Å². The molecule has 0 aliphatic rings. The molecule has 0 fully saturated rings. The lowest BCUT2D eigenvalue weighted by Gasteiger charge is -2.37. The van der Waals surface area contributed by atoms with Gasteiger partial charge in [-0.15, -0.1) is 0 Å². The second-order valence-electron chi connectivity index (χ2n) is 5.08. The van der Waals surface area contributed by atoms with Crippen molar-refractivity contribution in [1.82, 2.24) is 4.98 Å². The summed E-state index contributed by atoms with van der Waals surface area (Å²) >= 11 is 0. The maximum atomic E-state index is 9.44. The lowest BCUT2D eigenvalue weighted by molar-refractivity contribution is 0.216. The van der Waals surface area contributed by atoms with E-state index in [1.54, 1.807) is 0 Å². The van der Waals surface area contributed by atoms with Crippen LogP contribution in [0.5, 0.6) is 0 Å². The minimum Gasteiger partial charge on any atom is -0.394 e. The third kappa shape index (κ3) is 2.76. The van der Waals surface area contributed by atoms with E-state index in [0.717, 1.165) is 22.6 Å². The first kappa shape index (κ1) is 13.9. The first-order valence-electron chi connectivity index (χ1n) is 5.85. The van der Waals surface area contributed by atoms with Crippen molar-refractivity contribution >= 4 is 5.69 Å². The molecular formula is C13H23N3O. The third-order valence-corrected chi connectivity index (χ3v) is 3.30. The summed E-state index contributed by atoms with van der Waals surface area (Å²) in [6.07, 6.45) is 0. The number of hydrogen-bond donors (Lipinski definition) is 2. The van der Waals surface area contributed by atoms with Crippen LogP contribution in [-0.2, 0) is 6.54 Å². The molecule has 0 spiro atoms. The van der Waals surface area contributed by atoms with Gasteiger partial charge in [0, 0.05) is 36.2 Å². The summed E-state index contributed by atoms with van der Waals surface area (Å²) in [6.45, 7) is 8.49. The molecule has 1 aromatic rings. The van der Waals surface area contributed by atoms with Gasteiger partial charge in [-0.05, 0) is 33.8 Å². The lowest BCUT2D eigenvalue weighted by atomic mass is 10.0. The number of aliphatic hydroxyl groups is 1. The maximum absolute atomic E-state index is 9.44. The number of aromatic nitrogens is 1. The summed E-state index contributed by atoms with van der Waals surface area (Å²) in [4.78, 5) is 6.49. The first-order valence-corrected chi connectivity index (χ1v) is 5.85. The molecule has 0 saturated carbocycles. The Morgan fingerprint density at radius 1 is 1.41 bits per heavy atom. The van der Waals surface area contributed by atoms with E-state index in [4.69, 9.17) is 5.73 Å². The van der Waals surface area contributed by atoms with Gasteiger partial charge in [0.2, 0.25) is 0 Å². The van der Waals surface area contributed by atoms with Gasteiger partial charge < -0.3 is 15.7 Å². The predicted molar refractivity (Wildman–Crippen MR) is 71.2 cm³/mol. The number of likely N-dealkylation sites (N-methyl/N-ethyl adjacent to an activating group) is 1. The van der Waals surface area contributed by atoms with Crippen LogP contribution >= 0.6 is 0 Å². The van der Waals surface area contributed by atoms with Gasteiger partial charge in [-0.2, -0.15) is 0 Å². The number of rotatable bonds is 4. The average molecular weight is 237 g/mol. The van der Waals surface area contributed by atoms with E-state index in [1.165, 1.54) is 0 Å². The molecule has 0 bridgehead atoms. The largest absolute Gasteiger partial charge is 0.394 e. The normalized spacial score (nSPS) is 11.7. The molecule has 96 valence electrons. The fraction of sp³-hybridized carbons (Fsp3) is 0.615. The molecule has 3 N–H and O–H groups in total. The lowest BCUT2D eigenvalue weighted by Crippen LogP contribution is -2.45. The first-order chi connectivity index (χ1) is 7.83. The molecular weight excluding hydrogens is 214 g/mol. The van der Waals surface area contributed by atoms with E-state index in [2.05, 4.69) is 9.88 Å². The molecule has 4 nitrogen and oxygen atoms in total. The van der Waals surface area contributed by atoms with Crippen LogP contribution in [0.1, 0.15) is 30.8 Å². The summed E-state index contributed by atoms with van der Waals surface area (Å²) in [5.74, 6) is 0. The molecule has 0 aliphatic carbocycles. The van der Waals surface area contributed by atoms with Gasteiger partial charge in [-0.1, -0.05) is 0 Å². The third-order valence-electron chi connectivity index (χ3n) is 3.30. The topological polar surface area (TPSA) is 62.4 Å². The van der Waals surface area contributed by atoms with E-state index in [1.807, 2.05) is 40.8 Å². The Balaban J connectivity index is 3.30. The summed E-state index contributed by atoms with van der Waals surface area (Å²) < 4.78 is 0. The van der Waals surface area contributed by atoms with E-state index in [0.29, 0.717) is 6.54 Å². The zero-order valence-corrected chi connectivity index (χ0v) is 11.4. The zero-order valence-electron chi connectivity index (χ0n) is 11.4. The number of hydrogen-bond acceptors (Lipinski definition) is 4. The summed E-state index contributed by atoms with van der Waals surface area (Å²) in [5.41, 5.74) is 9.50. The highest BCUT2D eigenvalue weighted by Crippen LogP contribution is 2.27. The van der Waals surface area contributed by atoms with Gasteiger partial charge in [-0.3, -0.25) is 4.98 Å². The monoisotopic (exact) mass is 237 g/mol. The fourth-order valence-corrected chi connectivity index (χ4v) is 1.82. The number of nitrogens with two attached hydrogens (primary N) is 1. The van der Waals surface area contributed by atoms with Crippen molar-refractivity contribution in [2.24, 2.45) is 5.73 Å². The molecule has 17 heavy (non-hydrogen) atoms. The van der Waals surface area contributed by atoms with Crippen LogP contribution in [0.25, 0.3) is 0 Å². The number of pyridine rings is 1. The Morgan fingerprint density at radius 3 is 2.47 bits per heavy atom. The Bertz CT molecular complexity index is 402. The van der Waals surface area contributed by atoms with Crippen LogP contribution in [0, 0.1) is 13.8 Å². The molecule has 0 aliphatic heterocycles. The second-order valence-corrected chi connectivity index (χ2v) is 5.08. The molecule has 4 heteroatoms. The van der Waals surface area contributed by atoms with Crippen molar-refractivity contribution in [3.8, 4) is 0 Å². The smallest absolute Gasteiger partial charge is 0.0658 e. The fourth-order valence-electron chi connectivity index (χ4n) is 1.82. The van der Waals surface area contributed by atoms with Gasteiger partial charge in [0.05, 0.1) is 12.1 Å². The quantitative estimate of drug-likeness (QED) is 0.830. The zero-order chi connectivity index (χ0) is 13.2. The molecule has 0 aromatic carbocycles. The van der Waals surface area contributed by atoms with Crippen LogP contribution in [0.4, 0.5) is 5.69 Å². The highest BCUT2D eigenvalue weighted by molar-refractivity contribution is 5.57. The number of nitrogens with zero attached hydrogens (tertiary/aromatic N) is 2. The van der Waals surface area contributed by atoms with Crippen molar-refractivity contribution in [3.63, 3.8) is 0 Å². The standard InChI is InChI=1S/C13H23N3O/c1-9-6-12(11(7-14)10(2)15-9)16(5)13(3,4)8-17/h6,17H,7-8,14H2,1-5H3. The Labute approximate surface area is 103 Å². The predicted octanol–water partition coefficient (Wildman–Crippen LogP) is 1.36. The van der Waals surface area contributed by atoms with Gasteiger partial charge in [-0.25, -0.2) is 0 Å². The second kappa shape index (κ2) is 5.02. The highest BCUT2D eigenvalue weighted by atomic mass is 16.3. The highest BCUT2D eigenvalue weighted by Gasteiger charge is 2.25. The number of anilines is 1. The molecule has 0 amide bonds. The van der Waals surface area contributed by atoms with Gasteiger partial charge in [0.15, 0.2) is 0 Å². The van der Waals surface area contributed by atoms with Crippen LogP contribution in [0.15, 0.2) is 6.07 Å². The average Bonchev–Trinajstić information content (AvgIpc) is 2.27. The molecule has 0 atom stereocenters. The van der Waals surface area contributed by atoms with Crippen LogP contribution in [0.2, 0.25) is 0 Å². The number of aliphatic hydroxyl groups excluding tert-OH is 1. The van der Waals surface area contributed by atoms with Gasteiger partial charge in [0.1, 0.15) is 0 Å². The Kier molecular flexibility index (Phi) is 4.11. The Morgan fingerprint density at radius 2 is 2.00 bits per heavy atom. The van der Waals surface area contributed by atoms with Crippen molar-refractivity contribution in [1.29, 1.82) is 0 Å². The number of aryl methyl sites for hydroxylation is 2. The molecule has 1 rings (SSSR count). The van der Waals surface area contributed by atoms with Gasteiger partial charge >= 0.3 is 0 Å². The van der Waals surface area contributed by atoms with Crippen molar-refractivity contribution in [3.05, 3.63) is 23.0 Å². The van der Waals surface area contributed by atoms with E-state index < -0.39 is 0 Å². The maximum Gasteiger partial charge on any atom is 0.0658 e. The van der Waals surface area contributed by atoms with E-state index >= 15 is 0 Å². The van der Waals surface area contributed by atoms with Crippen LogP contribution in [0.3, 0.4) is 0 Å². The molecule has 1 aromatic heterocycles. The van der Waals surface area contributed by atoms with Crippen LogP contribution < -0.4 is 10.6 Å². The van der Waals surface area contributed by atoms with Crippen molar-refractivity contribution < 1.29 is 5.11 Å². The molecule has 0 radical (unpaired) electrons. The minimum absolute atomic E-state index is 0.0912. The van der Waals surface area contributed by atoms with E-state index in [9.17, 15) is 5.11 Å². The summed E-state index contributed by atoms with van der Waals surface area (Å²) in [5, 5.41) is 9.44. The Hall–Kier alpha value is -1.13. The van der Waals surface area contributed by atoms with E-state index in [-0.39, 0.29) is 12.1 Å². The molecule has 1 heterocycles. The van der Waals surface area contributed by atoms with Crippen molar-refractivity contribution in [2.45, 2.75) is 39.8 Å². The molecule has 0 unspecified atom stereocenters. The molecule has 0 saturated heterocycles. The SMILES string of the molecule is Cc1cc(N(C)C(C)(C)CO)c(CN)c(C)n1. The summed E-state index contributed by atoms with van der Waals surface area (Å²) in [6, 6.07) is 2.02.